The van der Waals surface area contributed by atoms with Gasteiger partial charge in [-0.2, -0.15) is 0 Å². The molecular weight excluding hydrogens is 404 g/mol. The summed E-state index contributed by atoms with van der Waals surface area (Å²) in [5.41, 5.74) is 5.28. The number of rotatable bonds is 9. The summed E-state index contributed by atoms with van der Waals surface area (Å²) in [6.45, 7) is 1.59. The van der Waals surface area contributed by atoms with E-state index in [-0.39, 0.29) is 43.0 Å². The van der Waals surface area contributed by atoms with Crippen LogP contribution < -0.4 is 21.9 Å². The number of nitrogens with zero attached hydrogens (tertiary/aromatic N) is 2. The Morgan fingerprint density at radius 1 is 1.26 bits per heavy atom. The van der Waals surface area contributed by atoms with Crippen molar-refractivity contribution in [3.05, 3.63) is 56.7 Å². The summed E-state index contributed by atoms with van der Waals surface area (Å²) in [4.78, 5) is 53.1. The molecule has 1 aromatic carbocycles. The fraction of sp³-hybridized carbons (Fsp3) is 0.429. The molecule has 0 spiro atoms. The molecule has 10 nitrogen and oxygen atoms in total. The van der Waals surface area contributed by atoms with Crippen LogP contribution in [0.15, 0.2) is 39.9 Å². The minimum atomic E-state index is -0.807. The number of anilines is 2. The van der Waals surface area contributed by atoms with E-state index in [1.165, 1.54) is 11.7 Å². The van der Waals surface area contributed by atoms with Gasteiger partial charge in [-0.05, 0) is 17.9 Å². The number of carbonyl (C=O) groups is 2. The lowest BCUT2D eigenvalue weighted by Crippen LogP contribution is -2.44. The van der Waals surface area contributed by atoms with Gasteiger partial charge in [0, 0.05) is 13.7 Å². The van der Waals surface area contributed by atoms with E-state index in [1.807, 2.05) is 37.3 Å². The summed E-state index contributed by atoms with van der Waals surface area (Å²) in [5.74, 6) is -1.19. The van der Waals surface area contributed by atoms with Gasteiger partial charge in [0.15, 0.2) is 12.3 Å². The lowest BCUT2D eigenvalue weighted by atomic mass is 10.2. The molecule has 1 heterocycles. The minimum absolute atomic E-state index is 0.0104. The zero-order valence-electron chi connectivity index (χ0n) is 17.5. The Morgan fingerprint density at radius 3 is 2.55 bits per heavy atom. The lowest BCUT2D eigenvalue weighted by Gasteiger charge is -2.24. The van der Waals surface area contributed by atoms with Crippen molar-refractivity contribution < 1.29 is 19.1 Å². The Labute approximate surface area is 178 Å². The second kappa shape index (κ2) is 9.61. The fourth-order valence-electron chi connectivity index (χ4n) is 3.27. The quantitative estimate of drug-likeness (QED) is 0.548. The number of aromatic nitrogens is 2. The molecule has 166 valence electrons. The third-order valence-corrected chi connectivity index (χ3v) is 5.24. The van der Waals surface area contributed by atoms with E-state index in [0.717, 1.165) is 16.9 Å². The number of hydrogen-bond donors (Lipinski definition) is 2. The zero-order chi connectivity index (χ0) is 22.5. The van der Waals surface area contributed by atoms with Gasteiger partial charge in [-0.1, -0.05) is 37.3 Å². The van der Waals surface area contributed by atoms with Crippen molar-refractivity contribution in [1.82, 2.24) is 9.55 Å². The molecule has 1 aromatic heterocycles. The van der Waals surface area contributed by atoms with E-state index in [2.05, 4.69) is 4.98 Å². The summed E-state index contributed by atoms with van der Waals surface area (Å²) in [6, 6.07) is 9.08. The van der Waals surface area contributed by atoms with Crippen LogP contribution in [0.2, 0.25) is 0 Å². The number of carbonyl (C=O) groups excluding carboxylic acids is 2. The zero-order valence-corrected chi connectivity index (χ0v) is 17.5. The average molecular weight is 430 g/mol. The van der Waals surface area contributed by atoms with Crippen LogP contribution in [0.5, 0.6) is 0 Å². The van der Waals surface area contributed by atoms with Gasteiger partial charge in [0.05, 0.1) is 19.1 Å². The number of nitrogens with two attached hydrogens (primary N) is 1. The van der Waals surface area contributed by atoms with Crippen LogP contribution in [0.1, 0.15) is 18.9 Å². The topological polar surface area (TPSA) is 137 Å². The Morgan fingerprint density at radius 2 is 1.94 bits per heavy atom. The molecule has 1 aliphatic rings. The van der Waals surface area contributed by atoms with Crippen LogP contribution in [0.25, 0.3) is 0 Å². The van der Waals surface area contributed by atoms with Crippen molar-refractivity contribution in [3.8, 4) is 0 Å². The van der Waals surface area contributed by atoms with Gasteiger partial charge in [0.25, 0.3) is 11.5 Å². The highest BCUT2D eigenvalue weighted by atomic mass is 16.5. The lowest BCUT2D eigenvalue weighted by molar-refractivity contribution is -0.149. The average Bonchev–Trinajstić information content (AvgIpc) is 3.48. The maximum absolute atomic E-state index is 12.8. The summed E-state index contributed by atoms with van der Waals surface area (Å²) >= 11 is 0. The van der Waals surface area contributed by atoms with Crippen LogP contribution in [0.3, 0.4) is 0 Å². The molecule has 0 radical (unpaired) electrons. The van der Waals surface area contributed by atoms with Crippen molar-refractivity contribution in [2.24, 2.45) is 11.8 Å². The Bertz CT molecular complexity index is 1060. The molecule has 0 unspecified atom stereocenters. The first-order valence-electron chi connectivity index (χ1n) is 9.96. The molecule has 3 N–H and O–H groups in total. The van der Waals surface area contributed by atoms with Crippen molar-refractivity contribution in [3.63, 3.8) is 0 Å². The SMILES string of the molecule is COCCN(C(=O)COC(=O)[C@@H]1C[C@@H]1C)c1c(N)n(Cc2ccccc2)c(=O)[nH]c1=O. The Hall–Kier alpha value is -3.40. The van der Waals surface area contributed by atoms with Crippen molar-refractivity contribution in [2.45, 2.75) is 19.9 Å². The number of amides is 1. The highest BCUT2D eigenvalue weighted by Crippen LogP contribution is 2.38. The molecule has 1 amide bonds. The third kappa shape index (κ3) is 5.21. The van der Waals surface area contributed by atoms with Gasteiger partial charge in [-0.3, -0.25) is 28.8 Å². The van der Waals surface area contributed by atoms with Gasteiger partial charge < -0.3 is 15.2 Å². The van der Waals surface area contributed by atoms with Gasteiger partial charge in [0.1, 0.15) is 5.82 Å². The van der Waals surface area contributed by atoms with Crippen LogP contribution in [-0.4, -0.2) is 48.3 Å². The molecule has 0 aliphatic heterocycles. The molecule has 2 aromatic rings. The minimum Gasteiger partial charge on any atom is -0.455 e. The van der Waals surface area contributed by atoms with Crippen molar-refractivity contribution >= 4 is 23.4 Å². The second-order valence-electron chi connectivity index (χ2n) is 7.53. The van der Waals surface area contributed by atoms with E-state index >= 15 is 0 Å². The number of nitrogen functional groups attached to an aromatic ring is 1. The van der Waals surface area contributed by atoms with Gasteiger partial charge >= 0.3 is 11.7 Å². The van der Waals surface area contributed by atoms with Gasteiger partial charge in [0.2, 0.25) is 0 Å². The molecule has 1 fully saturated rings. The van der Waals surface area contributed by atoms with E-state index in [4.69, 9.17) is 15.2 Å². The maximum atomic E-state index is 12.8. The fourth-order valence-corrected chi connectivity index (χ4v) is 3.27. The molecular formula is C21H26N4O6. The van der Waals surface area contributed by atoms with Crippen LogP contribution in [0.4, 0.5) is 11.5 Å². The van der Waals surface area contributed by atoms with Crippen LogP contribution in [0, 0.1) is 11.8 Å². The largest absolute Gasteiger partial charge is 0.455 e. The first kappa shape index (κ1) is 22.3. The van der Waals surface area contributed by atoms with Gasteiger partial charge in [-0.25, -0.2) is 4.79 Å². The molecule has 0 saturated heterocycles. The standard InChI is InChI=1S/C21H26N4O6/c1-13-10-15(13)20(28)31-12-16(26)24(8-9-30-2)17-18(22)25(21(29)23-19(17)27)11-14-6-4-3-5-7-14/h3-7,13,15H,8-12,22H2,1-2H3,(H,23,27,29)/t13-,15+/m0/s1. The summed E-state index contributed by atoms with van der Waals surface area (Å²) < 4.78 is 11.3. The first-order valence-corrected chi connectivity index (χ1v) is 9.96. The number of benzene rings is 1. The molecule has 3 rings (SSSR count). The predicted molar refractivity (Wildman–Crippen MR) is 114 cm³/mol. The van der Waals surface area contributed by atoms with E-state index in [9.17, 15) is 19.2 Å². The number of esters is 1. The van der Waals surface area contributed by atoms with Crippen LogP contribution in [-0.2, 0) is 25.6 Å². The Kier molecular flexibility index (Phi) is 6.91. The molecule has 1 saturated carbocycles. The predicted octanol–water partition coefficient (Wildman–Crippen LogP) is 0.346. The normalized spacial score (nSPS) is 17.2. The molecule has 10 heteroatoms. The third-order valence-electron chi connectivity index (χ3n) is 5.24. The number of methoxy groups -OCH3 is 1. The number of aromatic amines is 1. The van der Waals surface area contributed by atoms with Crippen molar-refractivity contribution in [1.29, 1.82) is 0 Å². The van der Waals surface area contributed by atoms with E-state index in [1.54, 1.807) is 0 Å². The summed E-state index contributed by atoms with van der Waals surface area (Å²) in [5, 5.41) is 0. The van der Waals surface area contributed by atoms with Crippen LogP contribution >= 0.6 is 0 Å². The number of H-pyrrole nitrogens is 1. The highest BCUT2D eigenvalue weighted by Gasteiger charge is 2.41. The first-order chi connectivity index (χ1) is 14.8. The van der Waals surface area contributed by atoms with Gasteiger partial charge in [-0.15, -0.1) is 0 Å². The monoisotopic (exact) mass is 430 g/mol. The smallest absolute Gasteiger partial charge is 0.330 e. The number of hydrogen-bond acceptors (Lipinski definition) is 7. The second-order valence-corrected chi connectivity index (χ2v) is 7.53. The summed E-state index contributed by atoms with van der Waals surface area (Å²) in [7, 11) is 1.45. The van der Waals surface area contributed by atoms with E-state index in [0.29, 0.717) is 0 Å². The molecule has 1 aliphatic carbocycles. The summed E-state index contributed by atoms with van der Waals surface area (Å²) in [6.07, 6.45) is 0.734. The Balaban J connectivity index is 1.89. The van der Waals surface area contributed by atoms with Crippen molar-refractivity contribution in [2.75, 3.05) is 37.5 Å². The molecule has 31 heavy (non-hydrogen) atoms. The number of nitrogens with one attached hydrogen (secondary N) is 1. The van der Waals surface area contributed by atoms with E-state index < -0.39 is 29.7 Å². The molecule has 2 atom stereocenters. The number of ether oxygens (including phenoxy) is 2. The highest BCUT2D eigenvalue weighted by molar-refractivity contribution is 5.97. The maximum Gasteiger partial charge on any atom is 0.330 e. The molecule has 0 bridgehead atoms.